The molecule has 5 rings (SSSR count). The molecule has 0 aliphatic heterocycles. The van der Waals surface area contributed by atoms with Crippen molar-refractivity contribution in [3.05, 3.63) is 42.5 Å². The van der Waals surface area contributed by atoms with Crippen LogP contribution in [0.3, 0.4) is 0 Å². The minimum Gasteiger partial charge on any atom is -0.426 e. The summed E-state index contributed by atoms with van der Waals surface area (Å²) in [6.07, 6.45) is 1.83. The minimum atomic E-state index is -0.488. The van der Waals surface area contributed by atoms with Crippen molar-refractivity contribution in [2.24, 2.45) is 16.2 Å². The van der Waals surface area contributed by atoms with Crippen LogP contribution in [0.15, 0.2) is 42.5 Å². The van der Waals surface area contributed by atoms with E-state index in [9.17, 15) is 4.79 Å². The Balaban J connectivity index is 1.65. The van der Waals surface area contributed by atoms with Gasteiger partial charge in [-0.15, -0.1) is 0 Å². The Hall–Kier alpha value is -0.390. The van der Waals surface area contributed by atoms with Crippen molar-refractivity contribution in [1.82, 2.24) is 0 Å². The van der Waals surface area contributed by atoms with Crippen LogP contribution in [-0.4, -0.2) is 14.5 Å². The highest BCUT2D eigenvalue weighted by Crippen LogP contribution is 2.82. The fraction of sp³-hybridized carbons (Fsp3) is 0.450. The lowest BCUT2D eigenvalue weighted by molar-refractivity contribution is -0.176. The Bertz CT molecular complexity index is 863. The number of fused-ring (bicyclic) bond motifs is 2. The van der Waals surface area contributed by atoms with Gasteiger partial charge in [0.1, 0.15) is 5.75 Å². The van der Waals surface area contributed by atoms with E-state index in [4.69, 9.17) is 4.74 Å². The Kier molecular flexibility index (Phi) is 4.18. The Morgan fingerprint density at radius 2 is 1.80 bits per heavy atom. The summed E-state index contributed by atoms with van der Waals surface area (Å²) in [5.74, 6) is 0.496. The van der Waals surface area contributed by atoms with Crippen LogP contribution >= 0.6 is 47.8 Å². The lowest BCUT2D eigenvalue weighted by Gasteiger charge is -2.65. The molecule has 3 aliphatic carbocycles. The zero-order valence-electron chi connectivity index (χ0n) is 14.1. The van der Waals surface area contributed by atoms with Gasteiger partial charge in [0.25, 0.3) is 0 Å². The predicted molar refractivity (Wildman–Crippen MR) is 112 cm³/mol. The summed E-state index contributed by atoms with van der Waals surface area (Å²) >= 11 is 11.3. The monoisotopic (exact) mass is 528 g/mol. The molecule has 25 heavy (non-hydrogen) atoms. The molecule has 0 heterocycles. The summed E-state index contributed by atoms with van der Waals surface area (Å²) in [6, 6.07) is 13.9. The Labute approximate surface area is 173 Å². The molecule has 2 aromatic carbocycles. The van der Waals surface area contributed by atoms with E-state index < -0.39 is 5.41 Å². The molecule has 2 nitrogen and oxygen atoms in total. The topological polar surface area (TPSA) is 26.3 Å². The SMILES string of the molecule is CC1(C)C2(C(=O)Oc3ccc4ccccc4c3)CCC1(C(Br)Br)C2Br. The van der Waals surface area contributed by atoms with Gasteiger partial charge in [0, 0.05) is 10.2 Å². The molecule has 2 aromatic rings. The maximum atomic E-state index is 13.2. The van der Waals surface area contributed by atoms with Gasteiger partial charge in [-0.1, -0.05) is 92.0 Å². The molecule has 0 amide bonds. The molecule has 3 atom stereocenters. The number of rotatable bonds is 3. The summed E-state index contributed by atoms with van der Waals surface area (Å²) in [6.45, 7) is 4.38. The number of hydrogen-bond donors (Lipinski definition) is 0. The van der Waals surface area contributed by atoms with Crippen LogP contribution < -0.4 is 4.74 Å². The summed E-state index contributed by atoms with van der Waals surface area (Å²) in [4.78, 5) is 13.3. The Morgan fingerprint density at radius 1 is 1.12 bits per heavy atom. The molecule has 0 N–H and O–H groups in total. The molecule has 3 aliphatic rings. The molecule has 5 heteroatoms. The molecule has 3 unspecified atom stereocenters. The molecule has 3 saturated carbocycles. The minimum absolute atomic E-state index is 0.00933. The molecule has 3 fully saturated rings. The van der Waals surface area contributed by atoms with E-state index in [1.54, 1.807) is 0 Å². The van der Waals surface area contributed by atoms with Crippen molar-refractivity contribution >= 4 is 64.5 Å². The van der Waals surface area contributed by atoms with E-state index in [-0.39, 0.29) is 25.4 Å². The van der Waals surface area contributed by atoms with Gasteiger partial charge >= 0.3 is 5.97 Å². The number of benzene rings is 2. The van der Waals surface area contributed by atoms with E-state index in [1.807, 2.05) is 36.4 Å². The van der Waals surface area contributed by atoms with Crippen LogP contribution in [0.2, 0.25) is 0 Å². The standard InChI is InChI=1S/C20H19Br3O2/c1-18(2)19(16(22)23)9-10-20(18,15(19)21)17(24)25-14-8-7-12-5-3-4-6-13(12)11-14/h3-8,11,15-16H,9-10H2,1-2H3. The fourth-order valence-corrected chi connectivity index (χ4v) is 9.97. The van der Waals surface area contributed by atoms with Crippen LogP contribution in [-0.2, 0) is 4.79 Å². The number of ether oxygens (including phenoxy) is 1. The third kappa shape index (κ3) is 2.09. The second-order valence-electron chi connectivity index (χ2n) is 7.70. The maximum Gasteiger partial charge on any atom is 0.319 e. The van der Waals surface area contributed by atoms with Gasteiger partial charge in [0.05, 0.1) is 9.15 Å². The van der Waals surface area contributed by atoms with Gasteiger partial charge < -0.3 is 4.74 Å². The first-order valence-corrected chi connectivity index (χ1v) is 11.2. The number of esters is 1. The molecule has 0 radical (unpaired) electrons. The molecule has 0 aromatic heterocycles. The first-order chi connectivity index (χ1) is 11.8. The maximum absolute atomic E-state index is 13.2. The first kappa shape index (κ1) is 18.0. The largest absolute Gasteiger partial charge is 0.426 e. The highest BCUT2D eigenvalue weighted by Gasteiger charge is 2.84. The van der Waals surface area contributed by atoms with Gasteiger partial charge in [0.2, 0.25) is 0 Å². The van der Waals surface area contributed by atoms with Gasteiger partial charge in [0.15, 0.2) is 0 Å². The normalized spacial score (nSPS) is 32.6. The Morgan fingerprint density at radius 3 is 2.40 bits per heavy atom. The second-order valence-corrected chi connectivity index (χ2v) is 11.7. The average molecular weight is 531 g/mol. The van der Waals surface area contributed by atoms with Crippen molar-refractivity contribution in [2.75, 3.05) is 0 Å². The quantitative estimate of drug-likeness (QED) is 0.260. The van der Waals surface area contributed by atoms with Gasteiger partial charge in [-0.25, -0.2) is 0 Å². The zero-order chi connectivity index (χ0) is 18.0. The molecule has 2 bridgehead atoms. The van der Waals surface area contributed by atoms with E-state index in [1.165, 1.54) is 0 Å². The van der Waals surface area contributed by atoms with Crippen molar-refractivity contribution < 1.29 is 9.53 Å². The first-order valence-electron chi connectivity index (χ1n) is 8.41. The number of halogens is 3. The summed E-state index contributed by atoms with van der Waals surface area (Å²) in [5, 5.41) is 2.22. The van der Waals surface area contributed by atoms with Crippen LogP contribution in [0.5, 0.6) is 5.75 Å². The molecule has 0 spiro atoms. The van der Waals surface area contributed by atoms with Crippen LogP contribution in [0.4, 0.5) is 0 Å². The lowest BCUT2D eigenvalue weighted by atomic mass is 9.43. The van der Waals surface area contributed by atoms with Gasteiger partial charge in [-0.3, -0.25) is 4.79 Å². The summed E-state index contributed by atoms with van der Waals surface area (Å²) in [7, 11) is 0. The zero-order valence-corrected chi connectivity index (χ0v) is 18.8. The molecule has 0 saturated heterocycles. The third-order valence-corrected chi connectivity index (χ3v) is 10.0. The van der Waals surface area contributed by atoms with Crippen LogP contribution in [0.1, 0.15) is 26.7 Å². The van der Waals surface area contributed by atoms with E-state index in [2.05, 4.69) is 67.7 Å². The van der Waals surface area contributed by atoms with E-state index in [0.29, 0.717) is 5.75 Å². The number of carbonyl (C=O) groups is 1. The van der Waals surface area contributed by atoms with E-state index >= 15 is 0 Å². The van der Waals surface area contributed by atoms with Gasteiger partial charge in [-0.05, 0) is 41.2 Å². The van der Waals surface area contributed by atoms with Crippen molar-refractivity contribution in [1.29, 1.82) is 0 Å². The smallest absolute Gasteiger partial charge is 0.319 e. The average Bonchev–Trinajstić information content (AvgIpc) is 3.04. The van der Waals surface area contributed by atoms with Crippen molar-refractivity contribution in [2.45, 2.75) is 35.3 Å². The number of hydrogen-bond acceptors (Lipinski definition) is 2. The van der Waals surface area contributed by atoms with Crippen molar-refractivity contribution in [3.8, 4) is 5.75 Å². The van der Waals surface area contributed by atoms with Crippen LogP contribution in [0.25, 0.3) is 10.8 Å². The third-order valence-electron chi connectivity index (χ3n) is 6.78. The molecule has 132 valence electrons. The second kappa shape index (κ2) is 5.80. The molecular weight excluding hydrogens is 512 g/mol. The van der Waals surface area contributed by atoms with Crippen LogP contribution in [0, 0.1) is 16.2 Å². The highest BCUT2D eigenvalue weighted by molar-refractivity contribution is 9.24. The number of alkyl halides is 3. The van der Waals surface area contributed by atoms with Gasteiger partial charge in [-0.2, -0.15) is 0 Å². The number of carbonyl (C=O) groups excluding carboxylic acids is 1. The van der Waals surface area contributed by atoms with Crippen molar-refractivity contribution in [3.63, 3.8) is 0 Å². The lowest BCUT2D eigenvalue weighted by Crippen LogP contribution is -2.71. The van der Waals surface area contributed by atoms with E-state index in [0.717, 1.165) is 23.6 Å². The predicted octanol–water partition coefficient (Wildman–Crippen LogP) is 6.43. The molecular formula is C20H19Br3O2. The fourth-order valence-electron chi connectivity index (χ4n) is 5.08. The highest BCUT2D eigenvalue weighted by atomic mass is 79.9. The summed E-state index contributed by atoms with van der Waals surface area (Å²) in [5.41, 5.74) is -0.631. The summed E-state index contributed by atoms with van der Waals surface area (Å²) < 4.78 is 6.04.